The summed E-state index contributed by atoms with van der Waals surface area (Å²) < 4.78 is 18.9. The lowest BCUT2D eigenvalue weighted by molar-refractivity contribution is -0.908. The number of nitro benzene ring substituents is 1. The second kappa shape index (κ2) is 8.39. The number of anilines is 1. The minimum absolute atomic E-state index is 0.129. The maximum atomic E-state index is 13.8. The number of methoxy groups -OCH3 is 1. The number of nitrogens with zero attached hydrogens (tertiary/aromatic N) is 1. The molecule has 7 nitrogen and oxygen atoms in total. The Morgan fingerprint density at radius 1 is 1.35 bits per heavy atom. The van der Waals surface area contributed by atoms with E-state index in [9.17, 15) is 19.3 Å². The minimum atomic E-state index is -0.539. The van der Waals surface area contributed by atoms with Gasteiger partial charge in [-0.3, -0.25) is 14.9 Å². The Bertz CT molecular complexity index is 813. The zero-order chi connectivity index (χ0) is 19.3. The summed E-state index contributed by atoms with van der Waals surface area (Å²) in [5, 5.41) is 13.5. The van der Waals surface area contributed by atoms with Gasteiger partial charge < -0.3 is 15.0 Å². The van der Waals surface area contributed by atoms with Crippen LogP contribution in [0, 0.1) is 15.9 Å². The molecule has 138 valence electrons. The molecule has 0 fully saturated rings. The quantitative estimate of drug-likeness (QED) is 0.581. The molecule has 8 heteroatoms. The number of nitrogens with one attached hydrogen (secondary N) is 2. The van der Waals surface area contributed by atoms with Crippen molar-refractivity contribution in [1.82, 2.24) is 0 Å². The van der Waals surface area contributed by atoms with Gasteiger partial charge in [-0.05, 0) is 19.1 Å². The standard InChI is InChI=1S/C18H20FN3O4/c1-12(21(2)11-13-6-4-5-7-15(13)19)18(23)20-16-9-8-14(22(24)25)10-17(16)26-3/h4-10,12H,11H2,1-3H3,(H,20,23)/p+1/t12-/m1/s1. The molecule has 0 saturated carbocycles. The van der Waals surface area contributed by atoms with Crippen molar-refractivity contribution in [3.05, 3.63) is 64.0 Å². The number of carbonyl (C=O) groups excluding carboxylic acids is 1. The third-order valence-corrected chi connectivity index (χ3v) is 4.21. The van der Waals surface area contributed by atoms with Gasteiger partial charge in [-0.15, -0.1) is 0 Å². The lowest BCUT2D eigenvalue weighted by atomic mass is 10.1. The number of non-ortho nitro benzene ring substituents is 1. The second-order valence-electron chi connectivity index (χ2n) is 5.97. The first kappa shape index (κ1) is 19.3. The largest absolute Gasteiger partial charge is 0.494 e. The van der Waals surface area contributed by atoms with Crippen LogP contribution in [0.3, 0.4) is 0 Å². The van der Waals surface area contributed by atoms with Crippen molar-refractivity contribution in [3.8, 4) is 5.75 Å². The van der Waals surface area contributed by atoms with E-state index in [4.69, 9.17) is 4.74 Å². The molecule has 2 rings (SSSR count). The highest BCUT2D eigenvalue weighted by molar-refractivity contribution is 5.95. The van der Waals surface area contributed by atoms with Gasteiger partial charge in [0, 0.05) is 11.6 Å². The van der Waals surface area contributed by atoms with Gasteiger partial charge in [-0.25, -0.2) is 4.39 Å². The molecular weight excluding hydrogens is 341 g/mol. The molecule has 0 aliphatic heterocycles. The predicted molar refractivity (Wildman–Crippen MR) is 94.7 cm³/mol. The van der Waals surface area contributed by atoms with Crippen molar-refractivity contribution < 1.29 is 23.7 Å². The third-order valence-electron chi connectivity index (χ3n) is 4.21. The molecule has 2 aromatic rings. The molecule has 2 N–H and O–H groups in total. The van der Waals surface area contributed by atoms with Gasteiger partial charge in [0.25, 0.3) is 11.6 Å². The van der Waals surface area contributed by atoms with Gasteiger partial charge >= 0.3 is 0 Å². The number of rotatable bonds is 7. The van der Waals surface area contributed by atoms with E-state index in [0.29, 0.717) is 17.8 Å². The smallest absolute Gasteiger partial charge is 0.282 e. The lowest BCUT2D eigenvalue weighted by Crippen LogP contribution is -3.12. The Kier molecular flexibility index (Phi) is 6.24. The van der Waals surface area contributed by atoms with Crippen molar-refractivity contribution in [2.45, 2.75) is 19.5 Å². The van der Waals surface area contributed by atoms with Crippen molar-refractivity contribution in [2.24, 2.45) is 0 Å². The number of nitro groups is 1. The molecule has 26 heavy (non-hydrogen) atoms. The highest BCUT2D eigenvalue weighted by Gasteiger charge is 2.24. The first-order valence-corrected chi connectivity index (χ1v) is 8.02. The number of likely N-dealkylation sites (N-methyl/N-ethyl adjacent to an activating group) is 1. The van der Waals surface area contributed by atoms with Gasteiger partial charge in [0.15, 0.2) is 6.04 Å². The number of ether oxygens (including phenoxy) is 1. The van der Waals surface area contributed by atoms with E-state index in [-0.39, 0.29) is 23.2 Å². The Labute approximate surface area is 150 Å². The molecule has 2 aromatic carbocycles. The molecular formula is C18H21FN3O4+. The summed E-state index contributed by atoms with van der Waals surface area (Å²) in [6.45, 7) is 2.07. The average Bonchev–Trinajstić information content (AvgIpc) is 2.62. The molecule has 0 aliphatic rings. The van der Waals surface area contributed by atoms with Crippen LogP contribution >= 0.6 is 0 Å². The fourth-order valence-electron chi connectivity index (χ4n) is 2.46. The van der Waals surface area contributed by atoms with E-state index < -0.39 is 11.0 Å². The highest BCUT2D eigenvalue weighted by atomic mass is 19.1. The SMILES string of the molecule is COc1cc([N+](=O)[O-])ccc1NC(=O)[C@@H](C)[NH+](C)Cc1ccccc1F. The Hall–Kier alpha value is -3.00. The van der Waals surface area contributed by atoms with Crippen LogP contribution in [0.25, 0.3) is 0 Å². The van der Waals surface area contributed by atoms with Gasteiger partial charge in [0.05, 0.1) is 30.8 Å². The monoisotopic (exact) mass is 362 g/mol. The summed E-state index contributed by atoms with van der Waals surface area (Å²) in [6, 6.07) is 9.92. The summed E-state index contributed by atoms with van der Waals surface area (Å²) in [5.41, 5.74) is 0.737. The lowest BCUT2D eigenvalue weighted by Gasteiger charge is -2.21. The van der Waals surface area contributed by atoms with E-state index in [1.54, 1.807) is 32.2 Å². The summed E-state index contributed by atoms with van der Waals surface area (Å²) in [7, 11) is 3.16. The molecule has 0 saturated heterocycles. The number of amides is 1. The molecule has 0 spiro atoms. The van der Waals surface area contributed by atoms with E-state index in [0.717, 1.165) is 4.90 Å². The van der Waals surface area contributed by atoms with Gasteiger partial charge in [-0.1, -0.05) is 18.2 Å². The van der Waals surface area contributed by atoms with Crippen molar-refractivity contribution in [2.75, 3.05) is 19.5 Å². The molecule has 0 aliphatic carbocycles. The average molecular weight is 362 g/mol. The van der Waals surface area contributed by atoms with Crippen LogP contribution in [-0.2, 0) is 11.3 Å². The van der Waals surface area contributed by atoms with Crippen molar-refractivity contribution in [3.63, 3.8) is 0 Å². The van der Waals surface area contributed by atoms with Gasteiger partial charge in [-0.2, -0.15) is 0 Å². The van der Waals surface area contributed by atoms with E-state index in [2.05, 4.69) is 5.32 Å². The first-order valence-electron chi connectivity index (χ1n) is 8.02. The Morgan fingerprint density at radius 3 is 2.65 bits per heavy atom. The van der Waals surface area contributed by atoms with Gasteiger partial charge in [0.2, 0.25) is 0 Å². The first-order chi connectivity index (χ1) is 12.3. The van der Waals surface area contributed by atoms with Crippen LogP contribution in [0.1, 0.15) is 12.5 Å². The summed E-state index contributed by atoms with van der Waals surface area (Å²) in [4.78, 5) is 23.6. The fraction of sp³-hybridized carbons (Fsp3) is 0.278. The third kappa shape index (κ3) is 4.54. The molecule has 0 aromatic heterocycles. The predicted octanol–water partition coefficient (Wildman–Crippen LogP) is 1.78. The topological polar surface area (TPSA) is 85.9 Å². The molecule has 0 bridgehead atoms. The van der Waals surface area contributed by atoms with E-state index >= 15 is 0 Å². The number of halogens is 1. The summed E-state index contributed by atoms with van der Waals surface area (Å²) >= 11 is 0. The Balaban J connectivity index is 2.09. The summed E-state index contributed by atoms with van der Waals surface area (Å²) in [6.07, 6.45) is 0. The molecule has 1 amide bonds. The van der Waals surface area contributed by atoms with Crippen LogP contribution in [0.5, 0.6) is 5.75 Å². The molecule has 2 atom stereocenters. The zero-order valence-corrected chi connectivity index (χ0v) is 14.8. The maximum absolute atomic E-state index is 13.8. The van der Waals surface area contributed by atoms with Crippen LogP contribution in [0.15, 0.2) is 42.5 Å². The van der Waals surface area contributed by atoms with Gasteiger partial charge in [0.1, 0.15) is 18.1 Å². The van der Waals surface area contributed by atoms with Crippen LogP contribution < -0.4 is 15.0 Å². The van der Waals surface area contributed by atoms with Crippen LogP contribution in [-0.4, -0.2) is 31.0 Å². The van der Waals surface area contributed by atoms with Crippen molar-refractivity contribution >= 4 is 17.3 Å². The summed E-state index contributed by atoms with van der Waals surface area (Å²) in [5.74, 6) is -0.408. The highest BCUT2D eigenvalue weighted by Crippen LogP contribution is 2.28. The number of quaternary nitrogens is 1. The fourth-order valence-corrected chi connectivity index (χ4v) is 2.46. The maximum Gasteiger partial charge on any atom is 0.282 e. The van der Waals surface area contributed by atoms with Crippen molar-refractivity contribution in [1.29, 1.82) is 0 Å². The van der Waals surface area contributed by atoms with Crippen LogP contribution in [0.4, 0.5) is 15.8 Å². The van der Waals surface area contributed by atoms with E-state index in [1.165, 1.54) is 31.4 Å². The number of hydrogen-bond acceptors (Lipinski definition) is 4. The van der Waals surface area contributed by atoms with E-state index in [1.807, 2.05) is 0 Å². The number of hydrogen-bond donors (Lipinski definition) is 2. The molecule has 0 radical (unpaired) electrons. The normalized spacial score (nSPS) is 12.9. The zero-order valence-electron chi connectivity index (χ0n) is 14.8. The molecule has 1 unspecified atom stereocenters. The number of benzene rings is 2. The minimum Gasteiger partial charge on any atom is -0.494 e. The van der Waals surface area contributed by atoms with Crippen LogP contribution in [0.2, 0.25) is 0 Å². The second-order valence-corrected chi connectivity index (χ2v) is 5.97. The Morgan fingerprint density at radius 2 is 2.04 bits per heavy atom. The molecule has 0 heterocycles. The number of carbonyl (C=O) groups is 1.